The van der Waals surface area contributed by atoms with Crippen LogP contribution in [0.3, 0.4) is 0 Å². The molecule has 1 fully saturated rings. The monoisotopic (exact) mass is 869 g/mol. The molecule has 20 heteroatoms. The van der Waals surface area contributed by atoms with Gasteiger partial charge in [0, 0.05) is 19.0 Å². The second kappa shape index (κ2) is 27.6. The lowest BCUT2D eigenvalue weighted by Gasteiger charge is -2.21. The van der Waals surface area contributed by atoms with Crippen LogP contribution < -0.4 is 11.4 Å². The zero-order valence-corrected chi connectivity index (χ0v) is 36.5. The van der Waals surface area contributed by atoms with E-state index in [2.05, 4.69) is 37.0 Å². The number of carbonyl (C=O) groups is 2. The first-order valence-electron chi connectivity index (χ1n) is 20.8. The summed E-state index contributed by atoms with van der Waals surface area (Å²) >= 11 is 0. The van der Waals surface area contributed by atoms with Gasteiger partial charge in [-0.05, 0) is 30.7 Å². The molecule has 0 aromatic carbocycles. The van der Waals surface area contributed by atoms with Crippen molar-refractivity contribution in [3.05, 3.63) is 22.7 Å². The van der Waals surface area contributed by atoms with Gasteiger partial charge in [0.2, 0.25) is 0 Å². The standard InChI is InChI=1S/C38H69N3O15P2/c1-5-29(4)20-16-12-9-10-13-17-21-33(42)51-25-30(54-34(43)22-18-14-8-6-7-11-15-19-28(2)3)26-52-57(47,48)56-58(49,50)53-27-31-35(44)36(45)37(55-31)41-24-23-32(39)40-38(41)46/h23-24,28-31,35-37,44-45H,5-22,25-27H2,1-4H3,(H,47,48)(H,49,50)(H2,39,40,46)/t29?,30-,31-,35+,36?,37-/m1/s1. The minimum Gasteiger partial charge on any atom is -0.462 e. The van der Waals surface area contributed by atoms with Crippen molar-refractivity contribution in [1.82, 2.24) is 9.55 Å². The quantitative estimate of drug-likeness (QED) is 0.0294. The molecule has 1 aromatic heterocycles. The molecule has 0 bridgehead atoms. The van der Waals surface area contributed by atoms with Crippen LogP contribution >= 0.6 is 15.6 Å². The summed E-state index contributed by atoms with van der Waals surface area (Å²) < 4.78 is 56.3. The van der Waals surface area contributed by atoms with Gasteiger partial charge in [0.05, 0.1) is 13.2 Å². The van der Waals surface area contributed by atoms with Crippen LogP contribution in [0.4, 0.5) is 5.82 Å². The molecule has 0 spiro atoms. The number of nitrogen functional groups attached to an aromatic ring is 1. The molecule has 1 aliphatic heterocycles. The lowest BCUT2D eigenvalue weighted by molar-refractivity contribution is -0.161. The number of unbranched alkanes of at least 4 members (excludes halogenated alkanes) is 11. The van der Waals surface area contributed by atoms with Crippen molar-refractivity contribution in [2.75, 3.05) is 25.6 Å². The number of nitrogens with two attached hydrogens (primary N) is 1. The molecule has 0 saturated carbocycles. The lowest BCUT2D eigenvalue weighted by atomic mass is 10.00. The summed E-state index contributed by atoms with van der Waals surface area (Å²) in [6, 6.07) is 1.25. The number of aliphatic hydroxyl groups is 2. The van der Waals surface area contributed by atoms with Crippen LogP contribution in [0, 0.1) is 11.8 Å². The van der Waals surface area contributed by atoms with Gasteiger partial charge in [0.25, 0.3) is 0 Å². The number of phosphoric acid groups is 2. The minimum atomic E-state index is -5.41. The number of aromatic nitrogens is 2. The average Bonchev–Trinajstić information content (AvgIpc) is 3.43. The third-order valence-corrected chi connectivity index (χ3v) is 12.5. The zero-order valence-electron chi connectivity index (χ0n) is 34.7. The van der Waals surface area contributed by atoms with Gasteiger partial charge in [0.15, 0.2) is 12.3 Å². The predicted molar refractivity (Wildman–Crippen MR) is 215 cm³/mol. The van der Waals surface area contributed by atoms with Crippen molar-refractivity contribution in [3.63, 3.8) is 0 Å². The summed E-state index contributed by atoms with van der Waals surface area (Å²) in [5.74, 6) is 0.118. The van der Waals surface area contributed by atoms with Crippen LogP contribution in [0.2, 0.25) is 0 Å². The Kier molecular flexibility index (Phi) is 24.7. The Bertz CT molecular complexity index is 1500. The number of anilines is 1. The minimum absolute atomic E-state index is 0.0518. The highest BCUT2D eigenvalue weighted by molar-refractivity contribution is 7.61. The van der Waals surface area contributed by atoms with E-state index >= 15 is 0 Å². The van der Waals surface area contributed by atoms with E-state index in [0.717, 1.165) is 68.0 Å². The third-order valence-electron chi connectivity index (χ3n) is 9.91. The van der Waals surface area contributed by atoms with Gasteiger partial charge in [-0.25, -0.2) is 13.9 Å². The fourth-order valence-corrected chi connectivity index (χ4v) is 8.35. The molecule has 18 nitrogen and oxygen atoms in total. The number of hydrogen-bond donors (Lipinski definition) is 5. The molecule has 1 saturated heterocycles. The van der Waals surface area contributed by atoms with Gasteiger partial charge in [-0.15, -0.1) is 0 Å². The second-order valence-corrected chi connectivity index (χ2v) is 18.6. The Labute approximate surface area is 342 Å². The molecule has 6 N–H and O–H groups in total. The van der Waals surface area contributed by atoms with Gasteiger partial charge in [-0.3, -0.25) is 23.2 Å². The zero-order chi connectivity index (χ0) is 43.1. The maximum absolute atomic E-state index is 12.7. The van der Waals surface area contributed by atoms with Crippen molar-refractivity contribution in [3.8, 4) is 0 Å². The van der Waals surface area contributed by atoms with Gasteiger partial charge < -0.3 is 39.9 Å². The molecule has 336 valence electrons. The number of esters is 2. The summed E-state index contributed by atoms with van der Waals surface area (Å²) in [7, 11) is -10.8. The van der Waals surface area contributed by atoms with E-state index in [-0.39, 0.29) is 18.7 Å². The van der Waals surface area contributed by atoms with Crippen LogP contribution in [0.15, 0.2) is 17.1 Å². The summed E-state index contributed by atoms with van der Waals surface area (Å²) in [4.78, 5) is 61.4. The van der Waals surface area contributed by atoms with E-state index in [1.807, 2.05) is 0 Å². The van der Waals surface area contributed by atoms with Crippen molar-refractivity contribution in [1.29, 1.82) is 0 Å². The topological polar surface area (TPSA) is 265 Å². The third kappa shape index (κ3) is 21.8. The summed E-state index contributed by atoms with van der Waals surface area (Å²) in [5, 5.41) is 20.8. The fourth-order valence-electron chi connectivity index (χ4n) is 6.24. The second-order valence-electron chi connectivity index (χ2n) is 15.6. The highest BCUT2D eigenvalue weighted by Gasteiger charge is 2.46. The first kappa shape index (κ1) is 51.9. The summed E-state index contributed by atoms with van der Waals surface area (Å²) in [6.07, 6.45) is 9.91. The first-order valence-corrected chi connectivity index (χ1v) is 23.8. The number of rotatable bonds is 32. The van der Waals surface area contributed by atoms with Gasteiger partial charge >= 0.3 is 33.3 Å². The molecule has 58 heavy (non-hydrogen) atoms. The average molecular weight is 870 g/mol. The highest BCUT2D eigenvalue weighted by atomic mass is 31.3. The number of phosphoric ester groups is 2. The van der Waals surface area contributed by atoms with Crippen molar-refractivity contribution in [2.45, 2.75) is 174 Å². The van der Waals surface area contributed by atoms with E-state index in [1.165, 1.54) is 44.6 Å². The van der Waals surface area contributed by atoms with E-state index in [1.54, 1.807) is 0 Å². The molecule has 4 unspecified atom stereocenters. The van der Waals surface area contributed by atoms with E-state index in [4.69, 9.17) is 29.0 Å². The molecular formula is C38H69N3O15P2. The smallest absolute Gasteiger partial charge is 0.462 e. The highest BCUT2D eigenvalue weighted by Crippen LogP contribution is 2.60. The summed E-state index contributed by atoms with van der Waals surface area (Å²) in [5.41, 5.74) is 4.57. The number of aliphatic hydroxyl groups excluding tert-OH is 2. The predicted octanol–water partition coefficient (Wildman–Crippen LogP) is 6.48. The van der Waals surface area contributed by atoms with Crippen LogP contribution in [0.25, 0.3) is 0 Å². The van der Waals surface area contributed by atoms with Gasteiger partial charge in [-0.1, -0.05) is 118 Å². The number of carbonyl (C=O) groups excluding carboxylic acids is 2. The van der Waals surface area contributed by atoms with Crippen LogP contribution in [0.5, 0.6) is 0 Å². The van der Waals surface area contributed by atoms with Crippen molar-refractivity contribution >= 4 is 33.4 Å². The normalized spacial score (nSPS) is 21.3. The number of hydrogen-bond acceptors (Lipinski definition) is 15. The molecule has 2 heterocycles. The Morgan fingerprint density at radius 1 is 0.828 bits per heavy atom. The molecule has 1 aliphatic rings. The Hall–Kier alpha value is -2.24. The number of ether oxygens (including phenoxy) is 3. The Morgan fingerprint density at radius 3 is 1.97 bits per heavy atom. The maximum atomic E-state index is 12.7. The molecule has 0 radical (unpaired) electrons. The van der Waals surface area contributed by atoms with Crippen LogP contribution in [-0.4, -0.2) is 85.7 Å². The molecular weight excluding hydrogens is 800 g/mol. The lowest BCUT2D eigenvalue weighted by Crippen LogP contribution is -2.36. The largest absolute Gasteiger partial charge is 0.481 e. The van der Waals surface area contributed by atoms with Crippen molar-refractivity contribution < 1.29 is 66.3 Å². The van der Waals surface area contributed by atoms with E-state index in [9.17, 15) is 43.5 Å². The molecule has 1 aromatic rings. The molecule has 0 aliphatic carbocycles. The molecule has 8 atom stereocenters. The Balaban J connectivity index is 1.88. The fraction of sp³-hybridized carbons (Fsp3) is 0.842. The van der Waals surface area contributed by atoms with Gasteiger partial charge in [-0.2, -0.15) is 9.29 Å². The maximum Gasteiger partial charge on any atom is 0.481 e. The van der Waals surface area contributed by atoms with Crippen molar-refractivity contribution in [2.24, 2.45) is 11.8 Å². The van der Waals surface area contributed by atoms with Crippen LogP contribution in [0.1, 0.15) is 149 Å². The molecule has 0 amide bonds. The molecule has 2 rings (SSSR count). The van der Waals surface area contributed by atoms with E-state index < -0.39 is 83.7 Å². The summed E-state index contributed by atoms with van der Waals surface area (Å²) in [6.45, 7) is 6.57. The van der Waals surface area contributed by atoms with E-state index in [0.29, 0.717) is 18.8 Å². The Morgan fingerprint density at radius 2 is 1.38 bits per heavy atom. The van der Waals surface area contributed by atoms with Gasteiger partial charge in [0.1, 0.15) is 30.7 Å². The number of nitrogens with zero attached hydrogens (tertiary/aromatic N) is 2. The SMILES string of the molecule is CCC(C)CCCCCCCCC(=O)OC[C@H](COP(=O)(O)OP(=O)(O)OC[C@H]1O[C@@H](n2ccc(N)nc2=O)C(O)[C@H]1O)OC(=O)CCCCCCCCCC(C)C. The first-order chi connectivity index (χ1) is 27.4. The van der Waals surface area contributed by atoms with Crippen LogP contribution in [-0.2, 0) is 46.3 Å².